The fourth-order valence-corrected chi connectivity index (χ4v) is 6.29. The zero-order valence-electron chi connectivity index (χ0n) is 33.0. The number of benzene rings is 2. The standard InChI is InChI=1S/C15H10F6O2.2C14H28O2/c16-14(17,18)13(15(19,20)21,9-1-5-11(22)6-2-9)10-3-7-12(23)8-4-10;2*1-2-3-4-5-6-7-8-9-10-11-12-13-14(15)16/h1-8,22-23H;2*2-13H2,1H3,(H,15,16). The van der Waals surface area contributed by atoms with Crippen LogP contribution in [0, 0.1) is 0 Å². The lowest BCUT2D eigenvalue weighted by molar-refractivity contribution is -0.288. The van der Waals surface area contributed by atoms with Crippen molar-refractivity contribution in [1.29, 1.82) is 0 Å². The van der Waals surface area contributed by atoms with E-state index in [1.165, 1.54) is 116 Å². The van der Waals surface area contributed by atoms with Crippen LogP contribution >= 0.6 is 0 Å². The van der Waals surface area contributed by atoms with E-state index in [0.29, 0.717) is 37.1 Å². The van der Waals surface area contributed by atoms with Crippen LogP contribution < -0.4 is 0 Å². The number of carboxylic acid groups (broad SMARTS) is 2. The summed E-state index contributed by atoms with van der Waals surface area (Å²) >= 11 is 0. The molecular weight excluding hydrogens is 726 g/mol. The molecule has 0 aromatic heterocycles. The van der Waals surface area contributed by atoms with Crippen molar-refractivity contribution in [3.8, 4) is 11.5 Å². The second-order valence-electron chi connectivity index (χ2n) is 14.2. The number of aromatic hydroxyl groups is 2. The van der Waals surface area contributed by atoms with Gasteiger partial charge in [-0.05, 0) is 48.2 Å². The zero-order valence-corrected chi connectivity index (χ0v) is 33.0. The normalized spacial score (nSPS) is 11.6. The summed E-state index contributed by atoms with van der Waals surface area (Å²) in [7, 11) is 0. The second kappa shape index (κ2) is 29.8. The van der Waals surface area contributed by atoms with Gasteiger partial charge in [0.15, 0.2) is 0 Å². The molecule has 2 aromatic rings. The highest BCUT2D eigenvalue weighted by molar-refractivity contribution is 5.66. The van der Waals surface area contributed by atoms with Gasteiger partial charge in [0.2, 0.25) is 5.41 Å². The molecule has 2 rings (SSSR count). The smallest absolute Gasteiger partial charge is 0.411 e. The number of unbranched alkanes of at least 4 members (excludes halogenated alkanes) is 20. The highest BCUT2D eigenvalue weighted by atomic mass is 19.4. The van der Waals surface area contributed by atoms with Crippen LogP contribution in [0.4, 0.5) is 26.3 Å². The number of phenols is 2. The maximum absolute atomic E-state index is 13.6. The van der Waals surface area contributed by atoms with Crippen LogP contribution in [0.1, 0.15) is 179 Å². The number of aliphatic carboxylic acids is 2. The molecule has 2 aromatic carbocycles. The maximum Gasteiger partial charge on any atom is 0.411 e. The second-order valence-corrected chi connectivity index (χ2v) is 14.2. The van der Waals surface area contributed by atoms with E-state index in [1.807, 2.05) is 0 Å². The van der Waals surface area contributed by atoms with E-state index in [1.54, 1.807) is 0 Å². The summed E-state index contributed by atoms with van der Waals surface area (Å²) in [5, 5.41) is 35.2. The maximum atomic E-state index is 13.6. The van der Waals surface area contributed by atoms with Crippen molar-refractivity contribution in [2.24, 2.45) is 0 Å². The number of hydrogen-bond acceptors (Lipinski definition) is 4. The molecule has 12 heteroatoms. The SMILES string of the molecule is CCCCCCCCCCCCCC(=O)O.CCCCCCCCCCCCCC(=O)O.Oc1ccc(C(c2ccc(O)cc2)(C(F)(F)F)C(F)(F)F)cc1. The van der Waals surface area contributed by atoms with Gasteiger partial charge in [-0.1, -0.05) is 167 Å². The predicted molar refractivity (Wildman–Crippen MR) is 207 cm³/mol. The molecule has 55 heavy (non-hydrogen) atoms. The Balaban J connectivity index is 0.000000820. The first kappa shape index (κ1) is 51.6. The summed E-state index contributed by atoms with van der Waals surface area (Å²) in [6.07, 6.45) is 17.3. The lowest BCUT2D eigenvalue weighted by atomic mass is 9.73. The minimum atomic E-state index is -5.70. The topological polar surface area (TPSA) is 115 Å². The van der Waals surface area contributed by atoms with E-state index in [0.717, 1.165) is 49.9 Å². The molecule has 0 fully saturated rings. The number of hydrogen-bond donors (Lipinski definition) is 4. The molecule has 4 N–H and O–H groups in total. The molecule has 0 saturated carbocycles. The van der Waals surface area contributed by atoms with Crippen molar-refractivity contribution in [2.45, 2.75) is 186 Å². The first-order chi connectivity index (χ1) is 26.0. The third-order valence-corrected chi connectivity index (χ3v) is 9.44. The van der Waals surface area contributed by atoms with Crippen molar-refractivity contribution < 1.29 is 56.4 Å². The van der Waals surface area contributed by atoms with Crippen LogP contribution in [0.2, 0.25) is 0 Å². The minimum Gasteiger partial charge on any atom is -0.508 e. The van der Waals surface area contributed by atoms with Gasteiger partial charge in [-0.3, -0.25) is 9.59 Å². The molecule has 0 atom stereocenters. The van der Waals surface area contributed by atoms with Crippen molar-refractivity contribution in [1.82, 2.24) is 0 Å². The van der Waals surface area contributed by atoms with E-state index >= 15 is 0 Å². The number of alkyl halides is 6. The molecule has 0 unspecified atom stereocenters. The summed E-state index contributed by atoms with van der Waals surface area (Å²) in [5.41, 5.74) is -6.44. The van der Waals surface area contributed by atoms with Gasteiger partial charge in [0.05, 0.1) is 0 Å². The Morgan fingerprint density at radius 2 is 0.636 bits per heavy atom. The lowest BCUT2D eigenvalue weighted by Gasteiger charge is -2.38. The molecular formula is C43H66F6O6. The van der Waals surface area contributed by atoms with E-state index < -0.39 is 52.3 Å². The Kier molecular flexibility index (Phi) is 27.9. The number of carbonyl (C=O) groups is 2. The van der Waals surface area contributed by atoms with Crippen LogP contribution in [0.15, 0.2) is 48.5 Å². The molecule has 0 aliphatic rings. The van der Waals surface area contributed by atoms with Crippen molar-refractivity contribution in [3.63, 3.8) is 0 Å². The molecule has 316 valence electrons. The Labute approximate surface area is 324 Å². The third-order valence-electron chi connectivity index (χ3n) is 9.44. The van der Waals surface area contributed by atoms with Gasteiger partial charge in [-0.15, -0.1) is 0 Å². The fourth-order valence-electron chi connectivity index (χ4n) is 6.29. The van der Waals surface area contributed by atoms with Crippen molar-refractivity contribution >= 4 is 11.9 Å². The molecule has 0 aliphatic heterocycles. The van der Waals surface area contributed by atoms with Crippen LogP contribution in [0.25, 0.3) is 0 Å². The largest absolute Gasteiger partial charge is 0.508 e. The van der Waals surface area contributed by atoms with E-state index in [-0.39, 0.29) is 0 Å². The predicted octanol–water partition coefficient (Wildman–Crippen LogP) is 14.1. The summed E-state index contributed by atoms with van der Waals surface area (Å²) in [6.45, 7) is 4.49. The lowest BCUT2D eigenvalue weighted by Crippen LogP contribution is -2.54. The monoisotopic (exact) mass is 792 g/mol. The van der Waals surface area contributed by atoms with Crippen LogP contribution in [-0.2, 0) is 15.0 Å². The highest BCUT2D eigenvalue weighted by Crippen LogP contribution is 2.56. The van der Waals surface area contributed by atoms with Gasteiger partial charge in [0.1, 0.15) is 11.5 Å². The van der Waals surface area contributed by atoms with Crippen LogP contribution in [0.3, 0.4) is 0 Å². The number of carboxylic acids is 2. The first-order valence-corrected chi connectivity index (χ1v) is 20.2. The van der Waals surface area contributed by atoms with Gasteiger partial charge in [0.25, 0.3) is 0 Å². The van der Waals surface area contributed by atoms with Crippen molar-refractivity contribution in [3.05, 3.63) is 59.7 Å². The van der Waals surface area contributed by atoms with Gasteiger partial charge in [0, 0.05) is 12.8 Å². The van der Waals surface area contributed by atoms with Gasteiger partial charge in [-0.25, -0.2) is 0 Å². The number of rotatable bonds is 26. The zero-order chi connectivity index (χ0) is 41.6. The van der Waals surface area contributed by atoms with E-state index in [4.69, 9.17) is 20.4 Å². The molecule has 0 radical (unpaired) electrons. The van der Waals surface area contributed by atoms with Gasteiger partial charge in [-0.2, -0.15) is 26.3 Å². The average molecular weight is 793 g/mol. The van der Waals surface area contributed by atoms with Crippen molar-refractivity contribution in [2.75, 3.05) is 0 Å². The molecule has 0 saturated heterocycles. The van der Waals surface area contributed by atoms with Gasteiger partial charge < -0.3 is 20.4 Å². The molecule has 0 heterocycles. The molecule has 0 aliphatic carbocycles. The average Bonchev–Trinajstić information content (AvgIpc) is 3.10. The van der Waals surface area contributed by atoms with Gasteiger partial charge >= 0.3 is 24.3 Å². The minimum absolute atomic E-state index is 0.344. The Morgan fingerprint density at radius 1 is 0.418 bits per heavy atom. The quantitative estimate of drug-likeness (QED) is 0.0557. The summed E-state index contributed by atoms with van der Waals surface area (Å²) in [5.74, 6) is -2.23. The molecule has 0 bridgehead atoms. The number of phenolic OH excluding ortho intramolecular Hbond substituents is 2. The Hall–Kier alpha value is -3.44. The summed E-state index contributed by atoms with van der Waals surface area (Å²) in [6, 6.07) is 5.30. The van der Waals surface area contributed by atoms with E-state index in [2.05, 4.69) is 13.8 Å². The van der Waals surface area contributed by atoms with Crippen LogP contribution in [-0.4, -0.2) is 44.7 Å². The molecule has 0 spiro atoms. The van der Waals surface area contributed by atoms with Crippen LogP contribution in [0.5, 0.6) is 11.5 Å². The highest BCUT2D eigenvalue weighted by Gasteiger charge is 2.72. The summed E-state index contributed by atoms with van der Waals surface area (Å²) in [4.78, 5) is 20.5. The van der Waals surface area contributed by atoms with E-state index in [9.17, 15) is 35.9 Å². The Bertz CT molecular complexity index is 1150. The fraction of sp³-hybridized carbons (Fsp3) is 0.674. The summed E-state index contributed by atoms with van der Waals surface area (Å²) < 4.78 is 81.6. The molecule has 0 amide bonds. The first-order valence-electron chi connectivity index (χ1n) is 20.2. The Morgan fingerprint density at radius 3 is 0.836 bits per heavy atom. The molecule has 6 nitrogen and oxygen atoms in total. The number of halogens is 6. The third kappa shape index (κ3) is 22.6.